The first-order chi connectivity index (χ1) is 9.32. The van der Waals surface area contributed by atoms with Crippen molar-refractivity contribution in [2.45, 2.75) is 46.3 Å². The molecule has 0 aliphatic rings. The van der Waals surface area contributed by atoms with E-state index in [2.05, 4.69) is 25.2 Å². The van der Waals surface area contributed by atoms with Crippen molar-refractivity contribution in [3.63, 3.8) is 0 Å². The molecule has 112 valence electrons. The number of rotatable bonds is 5. The molecule has 0 heterocycles. The molecule has 0 saturated heterocycles. The number of aliphatic hydroxyl groups is 1. The molecule has 1 aromatic rings. The maximum absolute atomic E-state index is 12.1. The van der Waals surface area contributed by atoms with Crippen molar-refractivity contribution in [2.75, 3.05) is 13.6 Å². The highest BCUT2D eigenvalue weighted by Crippen LogP contribution is 2.20. The first kappa shape index (κ1) is 16.5. The van der Waals surface area contributed by atoms with E-state index in [4.69, 9.17) is 0 Å². The Hall–Kier alpha value is -1.55. The summed E-state index contributed by atoms with van der Waals surface area (Å²) in [6, 6.07) is 5.98. The second-order valence-corrected chi connectivity index (χ2v) is 5.52. The fourth-order valence-electron chi connectivity index (χ4n) is 2.10. The van der Waals surface area contributed by atoms with E-state index in [1.54, 1.807) is 18.9 Å². The zero-order valence-corrected chi connectivity index (χ0v) is 13.1. The van der Waals surface area contributed by atoms with E-state index in [9.17, 15) is 9.90 Å². The van der Waals surface area contributed by atoms with E-state index in [1.807, 2.05) is 19.1 Å². The van der Waals surface area contributed by atoms with Crippen molar-refractivity contribution in [1.29, 1.82) is 0 Å². The lowest BCUT2D eigenvalue weighted by Crippen LogP contribution is -2.39. The zero-order valence-electron chi connectivity index (χ0n) is 13.1. The van der Waals surface area contributed by atoms with Crippen LogP contribution >= 0.6 is 0 Å². The number of hydrogen-bond acceptors (Lipinski definition) is 2. The fraction of sp³-hybridized carbons (Fsp3) is 0.562. The summed E-state index contributed by atoms with van der Waals surface area (Å²) < 4.78 is 0. The van der Waals surface area contributed by atoms with Crippen LogP contribution in [0.2, 0.25) is 0 Å². The summed E-state index contributed by atoms with van der Waals surface area (Å²) in [6.45, 7) is 8.41. The minimum Gasteiger partial charge on any atom is -0.393 e. The van der Waals surface area contributed by atoms with Crippen molar-refractivity contribution in [2.24, 2.45) is 0 Å². The minimum atomic E-state index is -0.387. The van der Waals surface area contributed by atoms with Gasteiger partial charge in [-0.2, -0.15) is 0 Å². The highest BCUT2D eigenvalue weighted by Gasteiger charge is 2.15. The van der Waals surface area contributed by atoms with Gasteiger partial charge in [0.2, 0.25) is 0 Å². The molecule has 1 rings (SSSR count). The Labute approximate surface area is 121 Å². The van der Waals surface area contributed by atoms with Crippen molar-refractivity contribution in [3.8, 4) is 0 Å². The number of nitrogens with one attached hydrogen (secondary N) is 1. The molecule has 4 nitrogen and oxygen atoms in total. The Morgan fingerprint density at radius 3 is 2.60 bits per heavy atom. The average molecular weight is 278 g/mol. The van der Waals surface area contributed by atoms with Crippen LogP contribution < -0.4 is 5.32 Å². The predicted octanol–water partition coefficient (Wildman–Crippen LogP) is 2.78. The molecule has 0 bridgehead atoms. The summed E-state index contributed by atoms with van der Waals surface area (Å²) in [7, 11) is 1.74. The van der Waals surface area contributed by atoms with Crippen LogP contribution in [0.25, 0.3) is 0 Å². The Morgan fingerprint density at radius 1 is 1.35 bits per heavy atom. The van der Waals surface area contributed by atoms with Crippen molar-refractivity contribution in [3.05, 3.63) is 34.9 Å². The summed E-state index contributed by atoms with van der Waals surface area (Å²) in [5.74, 6) is 0. The van der Waals surface area contributed by atoms with Crippen LogP contribution in [0.1, 0.15) is 43.0 Å². The van der Waals surface area contributed by atoms with Gasteiger partial charge in [0.15, 0.2) is 0 Å². The van der Waals surface area contributed by atoms with E-state index in [0.717, 1.165) is 5.56 Å². The lowest BCUT2D eigenvalue weighted by molar-refractivity contribution is 0.162. The molecule has 2 N–H and O–H groups in total. The number of benzene rings is 1. The Kier molecular flexibility index (Phi) is 6.02. The molecule has 0 aromatic heterocycles. The molecule has 0 aliphatic carbocycles. The maximum Gasteiger partial charge on any atom is 0.317 e. The van der Waals surface area contributed by atoms with Gasteiger partial charge in [0.25, 0.3) is 0 Å². The molecule has 20 heavy (non-hydrogen) atoms. The van der Waals surface area contributed by atoms with Crippen LogP contribution in [0.5, 0.6) is 0 Å². The fourth-order valence-corrected chi connectivity index (χ4v) is 2.10. The number of aliphatic hydroxyl groups excluding tert-OH is 1. The van der Waals surface area contributed by atoms with Crippen LogP contribution in [0.15, 0.2) is 18.2 Å². The van der Waals surface area contributed by atoms with E-state index < -0.39 is 0 Å². The Balaban J connectivity index is 2.63. The van der Waals surface area contributed by atoms with Gasteiger partial charge in [-0.1, -0.05) is 18.2 Å². The maximum atomic E-state index is 12.1. The average Bonchev–Trinajstić information content (AvgIpc) is 2.38. The number of carbonyl (C=O) groups is 1. The number of aryl methyl sites for hydroxylation is 1. The summed E-state index contributed by atoms with van der Waals surface area (Å²) in [5, 5.41) is 12.2. The first-order valence-electron chi connectivity index (χ1n) is 7.08. The van der Waals surface area contributed by atoms with Gasteiger partial charge in [-0.25, -0.2) is 4.79 Å². The highest BCUT2D eigenvalue weighted by molar-refractivity contribution is 5.74. The topological polar surface area (TPSA) is 52.6 Å². The quantitative estimate of drug-likeness (QED) is 0.870. The van der Waals surface area contributed by atoms with Crippen molar-refractivity contribution in [1.82, 2.24) is 10.2 Å². The van der Waals surface area contributed by atoms with Crippen molar-refractivity contribution < 1.29 is 9.90 Å². The molecule has 1 aromatic carbocycles. The molecule has 2 amide bonds. The van der Waals surface area contributed by atoms with Crippen LogP contribution in [-0.2, 0) is 0 Å². The van der Waals surface area contributed by atoms with Gasteiger partial charge >= 0.3 is 6.03 Å². The first-order valence-corrected chi connectivity index (χ1v) is 7.08. The third-order valence-corrected chi connectivity index (χ3v) is 3.68. The molecule has 0 saturated carbocycles. The van der Waals surface area contributed by atoms with E-state index in [0.29, 0.717) is 13.0 Å². The summed E-state index contributed by atoms with van der Waals surface area (Å²) in [6.07, 6.45) is 0.198. The van der Waals surface area contributed by atoms with Crippen LogP contribution in [-0.4, -0.2) is 35.7 Å². The SMILES string of the molecule is Cc1cccc(C(C)NC(=O)N(C)CCC(C)O)c1C. The minimum absolute atomic E-state index is 0.0311. The standard InChI is InChI=1S/C16H26N2O2/c1-11-7-6-8-15(13(11)3)14(4)17-16(20)18(5)10-9-12(2)19/h6-8,12,14,19H,9-10H2,1-5H3,(H,17,20). The molecule has 0 fully saturated rings. The van der Waals surface area contributed by atoms with Gasteiger partial charge < -0.3 is 15.3 Å². The molecule has 0 spiro atoms. The van der Waals surface area contributed by atoms with Crippen LogP contribution in [0.3, 0.4) is 0 Å². The molecule has 2 atom stereocenters. The van der Waals surface area contributed by atoms with Gasteiger partial charge in [0.05, 0.1) is 12.1 Å². The molecular weight excluding hydrogens is 252 g/mol. The second-order valence-electron chi connectivity index (χ2n) is 5.52. The molecule has 4 heteroatoms. The number of hydrogen-bond donors (Lipinski definition) is 2. The summed E-state index contributed by atoms with van der Waals surface area (Å²) in [4.78, 5) is 13.7. The monoisotopic (exact) mass is 278 g/mol. The summed E-state index contributed by atoms with van der Waals surface area (Å²) >= 11 is 0. The predicted molar refractivity (Wildman–Crippen MR) is 81.8 cm³/mol. The lowest BCUT2D eigenvalue weighted by atomic mass is 9.98. The van der Waals surface area contributed by atoms with Crippen LogP contribution in [0.4, 0.5) is 4.79 Å². The zero-order chi connectivity index (χ0) is 15.3. The van der Waals surface area contributed by atoms with E-state index in [-0.39, 0.29) is 18.2 Å². The van der Waals surface area contributed by atoms with Gasteiger partial charge in [0, 0.05) is 13.6 Å². The smallest absolute Gasteiger partial charge is 0.317 e. The van der Waals surface area contributed by atoms with Gasteiger partial charge in [-0.3, -0.25) is 0 Å². The normalized spacial score (nSPS) is 13.7. The Morgan fingerprint density at radius 2 is 2.00 bits per heavy atom. The molecular formula is C16H26N2O2. The third-order valence-electron chi connectivity index (χ3n) is 3.68. The van der Waals surface area contributed by atoms with Gasteiger partial charge in [-0.15, -0.1) is 0 Å². The number of nitrogens with zero attached hydrogens (tertiary/aromatic N) is 1. The van der Waals surface area contributed by atoms with Crippen molar-refractivity contribution >= 4 is 6.03 Å². The second kappa shape index (κ2) is 7.29. The number of amides is 2. The van der Waals surface area contributed by atoms with Crippen LogP contribution in [0, 0.1) is 13.8 Å². The third kappa shape index (κ3) is 4.53. The molecule has 2 unspecified atom stereocenters. The largest absolute Gasteiger partial charge is 0.393 e. The lowest BCUT2D eigenvalue weighted by Gasteiger charge is -2.23. The van der Waals surface area contributed by atoms with Gasteiger partial charge in [0.1, 0.15) is 0 Å². The van der Waals surface area contributed by atoms with Gasteiger partial charge in [-0.05, 0) is 50.8 Å². The number of urea groups is 1. The molecule has 0 aliphatic heterocycles. The van der Waals surface area contributed by atoms with E-state index in [1.165, 1.54) is 11.1 Å². The summed E-state index contributed by atoms with van der Waals surface area (Å²) in [5.41, 5.74) is 3.58. The number of carbonyl (C=O) groups excluding carboxylic acids is 1. The van der Waals surface area contributed by atoms with E-state index >= 15 is 0 Å². The Bertz CT molecular complexity index is 458. The molecule has 0 radical (unpaired) electrons. The highest BCUT2D eigenvalue weighted by atomic mass is 16.3.